The van der Waals surface area contributed by atoms with Crippen LogP contribution in [-0.4, -0.2) is 34.4 Å². The minimum atomic E-state index is -0.157. The van der Waals surface area contributed by atoms with Gasteiger partial charge in [-0.3, -0.25) is 0 Å². The van der Waals surface area contributed by atoms with Gasteiger partial charge >= 0.3 is 0 Å². The van der Waals surface area contributed by atoms with E-state index in [0.29, 0.717) is 17.4 Å². The number of hydrogen-bond donors (Lipinski definition) is 1. The maximum absolute atomic E-state index is 5.44. The van der Waals surface area contributed by atoms with E-state index in [1.165, 1.54) is 3.57 Å². The van der Waals surface area contributed by atoms with Crippen LogP contribution in [0.4, 0.5) is 5.95 Å². The summed E-state index contributed by atoms with van der Waals surface area (Å²) in [7, 11) is 3.25. The molecule has 0 aliphatic carbocycles. The monoisotopic (exact) mass is 461 g/mol. The van der Waals surface area contributed by atoms with Gasteiger partial charge in [0.25, 0.3) is 0 Å². The number of ether oxygens (including phenoxy) is 2. The van der Waals surface area contributed by atoms with Crippen LogP contribution in [0.25, 0.3) is 5.70 Å². The fourth-order valence-corrected chi connectivity index (χ4v) is 3.29. The van der Waals surface area contributed by atoms with E-state index < -0.39 is 0 Å². The first-order valence-electron chi connectivity index (χ1n) is 7.94. The highest BCUT2D eigenvalue weighted by atomic mass is 127. The molecule has 1 atom stereocenters. The Morgan fingerprint density at radius 3 is 2.54 bits per heavy atom. The Morgan fingerprint density at radius 1 is 1.04 bits per heavy atom. The smallest absolute Gasteiger partial charge is 0.248 e. The molecule has 0 saturated carbocycles. The summed E-state index contributed by atoms with van der Waals surface area (Å²) in [6, 6.07) is 14.0. The van der Waals surface area contributed by atoms with Gasteiger partial charge in [-0.05, 0) is 74.5 Å². The third-order valence-electron chi connectivity index (χ3n) is 4.23. The van der Waals surface area contributed by atoms with Crippen LogP contribution in [0.5, 0.6) is 11.5 Å². The summed E-state index contributed by atoms with van der Waals surface area (Å²) in [4.78, 5) is 0. The summed E-state index contributed by atoms with van der Waals surface area (Å²) < 4.78 is 13.7. The summed E-state index contributed by atoms with van der Waals surface area (Å²) in [5.74, 6) is 1.95. The standard InChI is InChI=1S/C18H16IN5O2/c1-25-16-8-5-12(9-17(16)26-2)15-10-14(11-3-6-13(19)7-4-11)20-18-21-22-23-24(15)18/h3-10,15H,1-2H3,(H,20,21,23)/t15-/m0/s1. The second-order valence-corrected chi connectivity index (χ2v) is 6.96. The molecule has 0 spiro atoms. The highest BCUT2D eigenvalue weighted by Crippen LogP contribution is 2.36. The van der Waals surface area contributed by atoms with Gasteiger partial charge in [0.05, 0.1) is 14.2 Å². The van der Waals surface area contributed by atoms with Crippen LogP contribution < -0.4 is 14.8 Å². The Labute approximate surface area is 164 Å². The predicted molar refractivity (Wildman–Crippen MR) is 106 cm³/mol. The lowest BCUT2D eigenvalue weighted by atomic mass is 10.0. The summed E-state index contributed by atoms with van der Waals surface area (Å²) >= 11 is 2.29. The number of aromatic nitrogens is 4. The van der Waals surface area contributed by atoms with Crippen LogP contribution in [0.1, 0.15) is 17.2 Å². The summed E-state index contributed by atoms with van der Waals surface area (Å²) in [5.41, 5.74) is 3.04. The van der Waals surface area contributed by atoms with Gasteiger partial charge in [0, 0.05) is 9.27 Å². The van der Waals surface area contributed by atoms with Crippen molar-refractivity contribution in [3.8, 4) is 11.5 Å². The third kappa shape index (κ3) is 3.00. The molecule has 0 amide bonds. The fourth-order valence-electron chi connectivity index (χ4n) is 2.93. The van der Waals surface area contributed by atoms with Crippen molar-refractivity contribution < 1.29 is 9.47 Å². The second-order valence-electron chi connectivity index (χ2n) is 5.72. The Bertz CT molecular complexity index is 968. The Morgan fingerprint density at radius 2 is 1.81 bits per heavy atom. The zero-order chi connectivity index (χ0) is 18.1. The number of nitrogens with one attached hydrogen (secondary N) is 1. The summed E-state index contributed by atoms with van der Waals surface area (Å²) in [6.45, 7) is 0. The number of fused-ring (bicyclic) bond motifs is 1. The molecule has 1 aromatic heterocycles. The van der Waals surface area contributed by atoms with E-state index in [1.807, 2.05) is 18.2 Å². The van der Waals surface area contributed by atoms with Crippen LogP contribution in [0, 0.1) is 3.57 Å². The lowest BCUT2D eigenvalue weighted by Crippen LogP contribution is -2.20. The molecule has 1 N–H and O–H groups in total. The maximum atomic E-state index is 5.44. The van der Waals surface area contributed by atoms with Crippen molar-refractivity contribution in [1.29, 1.82) is 0 Å². The van der Waals surface area contributed by atoms with Gasteiger partial charge in [-0.25, -0.2) is 0 Å². The van der Waals surface area contributed by atoms with E-state index >= 15 is 0 Å². The molecule has 3 aromatic rings. The first kappa shape index (κ1) is 16.8. The van der Waals surface area contributed by atoms with E-state index in [2.05, 4.69) is 73.8 Å². The molecule has 0 unspecified atom stereocenters. The molecular weight excluding hydrogens is 445 g/mol. The highest BCUT2D eigenvalue weighted by molar-refractivity contribution is 14.1. The number of tetrazole rings is 1. The van der Waals surface area contributed by atoms with Gasteiger partial charge in [0.15, 0.2) is 11.5 Å². The molecule has 7 nitrogen and oxygen atoms in total. The van der Waals surface area contributed by atoms with Gasteiger partial charge in [-0.15, -0.1) is 0 Å². The zero-order valence-electron chi connectivity index (χ0n) is 14.2. The first-order chi connectivity index (χ1) is 12.7. The normalized spacial score (nSPS) is 15.7. The second kappa shape index (κ2) is 6.94. The molecule has 8 heteroatoms. The van der Waals surface area contributed by atoms with E-state index in [4.69, 9.17) is 9.47 Å². The largest absolute Gasteiger partial charge is 0.493 e. The summed E-state index contributed by atoms with van der Waals surface area (Å²) in [6.07, 6.45) is 2.10. The van der Waals surface area contributed by atoms with Gasteiger partial charge in [0.1, 0.15) is 6.04 Å². The van der Waals surface area contributed by atoms with Crippen molar-refractivity contribution in [1.82, 2.24) is 20.2 Å². The molecule has 1 aliphatic heterocycles. The summed E-state index contributed by atoms with van der Waals surface area (Å²) in [5, 5.41) is 15.3. The van der Waals surface area contributed by atoms with Crippen LogP contribution in [0.2, 0.25) is 0 Å². The number of halogens is 1. The molecule has 2 aromatic carbocycles. The number of hydrogen-bond acceptors (Lipinski definition) is 6. The van der Waals surface area contributed by atoms with Crippen molar-refractivity contribution in [2.45, 2.75) is 6.04 Å². The van der Waals surface area contributed by atoms with Gasteiger partial charge < -0.3 is 14.8 Å². The van der Waals surface area contributed by atoms with E-state index in [0.717, 1.165) is 16.8 Å². The van der Waals surface area contributed by atoms with Crippen molar-refractivity contribution >= 4 is 34.2 Å². The molecule has 1 aliphatic rings. The first-order valence-corrected chi connectivity index (χ1v) is 9.02. The molecule has 132 valence electrons. The number of methoxy groups -OCH3 is 2. The van der Waals surface area contributed by atoms with Gasteiger partial charge in [-0.1, -0.05) is 23.3 Å². The molecule has 4 rings (SSSR count). The number of benzene rings is 2. The van der Waals surface area contributed by atoms with Crippen LogP contribution in [0.15, 0.2) is 48.5 Å². The quantitative estimate of drug-likeness (QED) is 0.601. The Kier molecular flexibility index (Phi) is 4.49. The van der Waals surface area contributed by atoms with Crippen LogP contribution in [-0.2, 0) is 0 Å². The lowest BCUT2D eigenvalue weighted by molar-refractivity contribution is 0.354. The Hall–Kier alpha value is -2.62. The van der Waals surface area contributed by atoms with Crippen molar-refractivity contribution in [2.24, 2.45) is 0 Å². The molecular formula is C18H16IN5O2. The van der Waals surface area contributed by atoms with Crippen molar-refractivity contribution in [3.05, 3.63) is 63.2 Å². The Balaban J connectivity index is 1.80. The molecule has 0 radical (unpaired) electrons. The van der Waals surface area contributed by atoms with E-state index in [1.54, 1.807) is 18.9 Å². The SMILES string of the molecule is COc1ccc([C@@H]2C=C(c3ccc(I)cc3)Nc3nnnn32)cc1OC. The molecule has 26 heavy (non-hydrogen) atoms. The molecule has 0 fully saturated rings. The molecule has 2 heterocycles. The van der Waals surface area contributed by atoms with E-state index in [9.17, 15) is 0 Å². The van der Waals surface area contributed by atoms with Gasteiger partial charge in [0.2, 0.25) is 5.95 Å². The fraction of sp³-hybridized carbons (Fsp3) is 0.167. The number of nitrogens with zero attached hydrogens (tertiary/aromatic N) is 4. The number of allylic oxidation sites excluding steroid dienone is 1. The van der Waals surface area contributed by atoms with Crippen molar-refractivity contribution in [3.63, 3.8) is 0 Å². The highest BCUT2D eigenvalue weighted by Gasteiger charge is 2.25. The number of anilines is 1. The zero-order valence-corrected chi connectivity index (χ0v) is 16.3. The molecule has 0 saturated heterocycles. The van der Waals surface area contributed by atoms with E-state index in [-0.39, 0.29) is 6.04 Å². The maximum Gasteiger partial charge on any atom is 0.248 e. The average molecular weight is 461 g/mol. The third-order valence-corrected chi connectivity index (χ3v) is 4.95. The predicted octanol–water partition coefficient (Wildman–Crippen LogP) is 3.35. The average Bonchev–Trinajstić information content (AvgIpc) is 3.16. The van der Waals surface area contributed by atoms with Crippen molar-refractivity contribution in [2.75, 3.05) is 19.5 Å². The van der Waals surface area contributed by atoms with Gasteiger partial charge in [-0.2, -0.15) is 4.68 Å². The minimum Gasteiger partial charge on any atom is -0.493 e. The molecule has 0 bridgehead atoms. The minimum absolute atomic E-state index is 0.157. The number of rotatable bonds is 4. The topological polar surface area (TPSA) is 74.1 Å². The lowest BCUT2D eigenvalue weighted by Gasteiger charge is -2.24. The van der Waals surface area contributed by atoms with Crippen LogP contribution >= 0.6 is 22.6 Å². The van der Waals surface area contributed by atoms with Crippen LogP contribution in [0.3, 0.4) is 0 Å².